The van der Waals surface area contributed by atoms with Gasteiger partial charge in [-0.2, -0.15) is 0 Å². The molecule has 5 nitrogen and oxygen atoms in total. The van der Waals surface area contributed by atoms with Crippen LogP contribution in [0.1, 0.15) is 24.1 Å². The number of halogens is 2. The molecule has 1 aliphatic heterocycles. The van der Waals surface area contributed by atoms with Crippen molar-refractivity contribution >= 4 is 45.9 Å². The van der Waals surface area contributed by atoms with E-state index in [2.05, 4.69) is 77.8 Å². The molecule has 0 saturated carbocycles. The van der Waals surface area contributed by atoms with Gasteiger partial charge in [0, 0.05) is 49.9 Å². The lowest BCUT2D eigenvalue weighted by molar-refractivity contribution is 0.196. The molecule has 7 heteroatoms. The number of hydrogen-bond acceptors (Lipinski definition) is 3. The Kier molecular flexibility index (Phi) is 9.50. The number of nitrogens with one attached hydrogen (secondary N) is 2. The lowest BCUT2D eigenvalue weighted by Gasteiger charge is -2.32. The summed E-state index contributed by atoms with van der Waals surface area (Å²) in [5.74, 6) is 0.871. The molecule has 0 bridgehead atoms. The minimum absolute atomic E-state index is 0. The van der Waals surface area contributed by atoms with Crippen molar-refractivity contribution in [1.29, 1.82) is 0 Å². The first-order chi connectivity index (χ1) is 12.7. The number of nitrogens with zero attached hydrogens (tertiary/aromatic N) is 3. The van der Waals surface area contributed by atoms with Gasteiger partial charge in [0.05, 0.1) is 5.69 Å². The Morgan fingerprint density at radius 2 is 1.93 bits per heavy atom. The van der Waals surface area contributed by atoms with E-state index in [9.17, 15) is 0 Å². The van der Waals surface area contributed by atoms with Gasteiger partial charge in [-0.25, -0.2) is 0 Å². The molecular weight excluding hydrogens is 517 g/mol. The van der Waals surface area contributed by atoms with Crippen LogP contribution in [0.2, 0.25) is 0 Å². The highest BCUT2D eigenvalue weighted by Crippen LogP contribution is 2.13. The van der Waals surface area contributed by atoms with Crippen LogP contribution in [0, 0.1) is 0 Å². The summed E-state index contributed by atoms with van der Waals surface area (Å²) in [6.45, 7) is 3.87. The van der Waals surface area contributed by atoms with Crippen LogP contribution in [-0.2, 0) is 13.1 Å². The molecule has 3 rings (SSSR count). The fraction of sp³-hybridized carbons (Fsp3) is 0.400. The molecule has 0 aliphatic carbocycles. The molecule has 0 spiro atoms. The lowest BCUT2D eigenvalue weighted by Crippen LogP contribution is -2.48. The van der Waals surface area contributed by atoms with Gasteiger partial charge >= 0.3 is 0 Å². The molecule has 1 saturated heterocycles. The number of aliphatic imine (C=N–C) groups is 1. The van der Waals surface area contributed by atoms with Gasteiger partial charge in [-0.1, -0.05) is 34.1 Å². The SMILES string of the molecule is CN=C(NCc1ccc(Br)cc1)NC1CCN(Cc2ccccn2)CC1.I. The number of piperidine rings is 1. The Labute approximate surface area is 187 Å². The first-order valence-electron chi connectivity index (χ1n) is 9.07. The maximum absolute atomic E-state index is 4.42. The van der Waals surface area contributed by atoms with Crippen LogP contribution in [0.3, 0.4) is 0 Å². The zero-order valence-electron chi connectivity index (χ0n) is 15.6. The van der Waals surface area contributed by atoms with Crippen LogP contribution in [0.25, 0.3) is 0 Å². The second-order valence-corrected chi connectivity index (χ2v) is 7.48. The molecule has 0 unspecified atom stereocenters. The highest BCUT2D eigenvalue weighted by Gasteiger charge is 2.20. The average Bonchev–Trinajstić information content (AvgIpc) is 2.68. The van der Waals surface area contributed by atoms with E-state index < -0.39 is 0 Å². The number of aromatic nitrogens is 1. The molecule has 1 aromatic heterocycles. The Hall–Kier alpha value is -1.19. The second-order valence-electron chi connectivity index (χ2n) is 6.57. The fourth-order valence-electron chi connectivity index (χ4n) is 3.13. The summed E-state index contributed by atoms with van der Waals surface area (Å²) in [5.41, 5.74) is 2.38. The molecule has 1 aromatic carbocycles. The summed E-state index contributed by atoms with van der Waals surface area (Å²) in [5, 5.41) is 6.96. The first kappa shape index (κ1) is 22.1. The van der Waals surface area contributed by atoms with E-state index in [1.807, 2.05) is 19.3 Å². The lowest BCUT2D eigenvalue weighted by atomic mass is 10.0. The van der Waals surface area contributed by atoms with Gasteiger partial charge in [-0.15, -0.1) is 24.0 Å². The topological polar surface area (TPSA) is 52.6 Å². The van der Waals surface area contributed by atoms with E-state index in [1.165, 1.54) is 5.56 Å². The molecule has 1 fully saturated rings. The first-order valence-corrected chi connectivity index (χ1v) is 9.86. The van der Waals surface area contributed by atoms with Crippen LogP contribution >= 0.6 is 39.9 Å². The number of likely N-dealkylation sites (tertiary alicyclic amines) is 1. The van der Waals surface area contributed by atoms with Crippen molar-refractivity contribution in [3.63, 3.8) is 0 Å². The van der Waals surface area contributed by atoms with Crippen molar-refractivity contribution in [2.45, 2.75) is 32.0 Å². The monoisotopic (exact) mass is 543 g/mol. The molecule has 0 radical (unpaired) electrons. The summed E-state index contributed by atoms with van der Waals surface area (Å²) in [7, 11) is 1.83. The standard InChI is InChI=1S/C20H26BrN5.HI/c1-22-20(24-14-16-5-7-17(21)8-6-16)25-18-9-12-26(13-10-18)15-19-4-2-3-11-23-19;/h2-8,11,18H,9-10,12-15H2,1H3,(H2,22,24,25);1H. The average molecular weight is 544 g/mol. The van der Waals surface area contributed by atoms with Gasteiger partial charge in [-0.3, -0.25) is 14.9 Å². The van der Waals surface area contributed by atoms with Crippen molar-refractivity contribution in [3.05, 3.63) is 64.4 Å². The fourth-order valence-corrected chi connectivity index (χ4v) is 3.40. The Morgan fingerprint density at radius 1 is 1.19 bits per heavy atom. The van der Waals surface area contributed by atoms with Crippen LogP contribution in [0.4, 0.5) is 0 Å². The zero-order chi connectivity index (χ0) is 18.2. The minimum Gasteiger partial charge on any atom is -0.354 e. The number of guanidine groups is 1. The van der Waals surface area contributed by atoms with Gasteiger partial charge < -0.3 is 10.6 Å². The molecule has 2 aromatic rings. The highest BCUT2D eigenvalue weighted by atomic mass is 127. The Balaban J connectivity index is 0.00000261. The van der Waals surface area contributed by atoms with Gasteiger partial charge in [0.2, 0.25) is 0 Å². The minimum atomic E-state index is 0. The predicted octanol–water partition coefficient (Wildman–Crippen LogP) is 3.79. The number of benzene rings is 1. The Morgan fingerprint density at radius 3 is 2.56 bits per heavy atom. The number of pyridine rings is 1. The van der Waals surface area contributed by atoms with E-state index in [0.29, 0.717) is 6.04 Å². The molecule has 27 heavy (non-hydrogen) atoms. The largest absolute Gasteiger partial charge is 0.354 e. The maximum atomic E-state index is 4.42. The van der Waals surface area contributed by atoms with E-state index in [-0.39, 0.29) is 24.0 Å². The van der Waals surface area contributed by atoms with E-state index in [4.69, 9.17) is 0 Å². The molecule has 1 aliphatic rings. The highest BCUT2D eigenvalue weighted by molar-refractivity contribution is 14.0. The number of rotatable bonds is 5. The molecule has 2 N–H and O–H groups in total. The quantitative estimate of drug-likeness (QED) is 0.342. The van der Waals surface area contributed by atoms with Crippen molar-refractivity contribution in [2.24, 2.45) is 4.99 Å². The van der Waals surface area contributed by atoms with Crippen molar-refractivity contribution < 1.29 is 0 Å². The molecule has 2 heterocycles. The second kappa shape index (κ2) is 11.6. The predicted molar refractivity (Wildman–Crippen MR) is 125 cm³/mol. The summed E-state index contributed by atoms with van der Waals surface area (Å²) in [4.78, 5) is 11.3. The van der Waals surface area contributed by atoms with Crippen molar-refractivity contribution in [3.8, 4) is 0 Å². The van der Waals surface area contributed by atoms with Gasteiger partial charge in [-0.05, 0) is 42.7 Å². The summed E-state index contributed by atoms with van der Waals surface area (Å²) >= 11 is 3.47. The molecule has 146 valence electrons. The van der Waals surface area contributed by atoms with E-state index >= 15 is 0 Å². The summed E-state index contributed by atoms with van der Waals surface area (Å²) < 4.78 is 1.10. The maximum Gasteiger partial charge on any atom is 0.191 e. The third-order valence-corrected chi connectivity index (χ3v) is 5.17. The van der Waals surface area contributed by atoms with Gasteiger partial charge in [0.25, 0.3) is 0 Å². The van der Waals surface area contributed by atoms with Gasteiger partial charge in [0.15, 0.2) is 5.96 Å². The smallest absolute Gasteiger partial charge is 0.191 e. The van der Waals surface area contributed by atoms with Crippen LogP contribution < -0.4 is 10.6 Å². The molecular formula is C20H27BrIN5. The molecule has 0 amide bonds. The third kappa shape index (κ3) is 7.38. The van der Waals surface area contributed by atoms with Crippen LogP contribution in [0.5, 0.6) is 0 Å². The van der Waals surface area contributed by atoms with Crippen molar-refractivity contribution in [1.82, 2.24) is 20.5 Å². The van der Waals surface area contributed by atoms with Crippen LogP contribution in [0.15, 0.2) is 58.1 Å². The van der Waals surface area contributed by atoms with Crippen LogP contribution in [-0.4, -0.2) is 42.0 Å². The van der Waals surface area contributed by atoms with E-state index in [0.717, 1.165) is 55.1 Å². The third-order valence-electron chi connectivity index (χ3n) is 4.64. The number of hydrogen-bond donors (Lipinski definition) is 2. The van der Waals surface area contributed by atoms with Crippen molar-refractivity contribution in [2.75, 3.05) is 20.1 Å². The normalized spacial score (nSPS) is 15.9. The summed E-state index contributed by atoms with van der Waals surface area (Å²) in [6.07, 6.45) is 4.10. The zero-order valence-corrected chi connectivity index (χ0v) is 19.5. The summed E-state index contributed by atoms with van der Waals surface area (Å²) in [6, 6.07) is 14.9. The van der Waals surface area contributed by atoms with Gasteiger partial charge in [0.1, 0.15) is 0 Å². The Bertz CT molecular complexity index is 700. The van der Waals surface area contributed by atoms with E-state index in [1.54, 1.807) is 0 Å². The molecule has 0 atom stereocenters.